The van der Waals surface area contributed by atoms with Crippen LogP contribution in [-0.2, 0) is 16.4 Å². The van der Waals surface area contributed by atoms with E-state index in [9.17, 15) is 8.42 Å². The van der Waals surface area contributed by atoms with Gasteiger partial charge in [-0.15, -0.1) is 0 Å². The van der Waals surface area contributed by atoms with E-state index in [1.165, 1.54) is 6.26 Å². The summed E-state index contributed by atoms with van der Waals surface area (Å²) >= 11 is 0. The summed E-state index contributed by atoms with van der Waals surface area (Å²) < 4.78 is 22.7. The van der Waals surface area contributed by atoms with E-state index in [-0.39, 0.29) is 0 Å². The summed E-state index contributed by atoms with van der Waals surface area (Å²) in [7, 11) is -3.15. The number of nitrogen functional groups attached to an aromatic ring is 1. The van der Waals surface area contributed by atoms with E-state index in [4.69, 9.17) is 5.73 Å². The average Bonchev–Trinajstić information content (AvgIpc) is 2.37. The van der Waals surface area contributed by atoms with Gasteiger partial charge in [0.1, 0.15) is 5.82 Å². The molecule has 0 unspecified atom stereocenters. The summed E-state index contributed by atoms with van der Waals surface area (Å²) in [5, 5.41) is 3.10. The Morgan fingerprint density at radius 2 is 1.89 bits per heavy atom. The topological polar surface area (TPSA) is 85.1 Å². The molecule has 0 radical (unpaired) electrons. The Kier molecular flexibility index (Phi) is 3.71. The number of nitrogens with zero attached hydrogens (tertiary/aromatic N) is 1. The third kappa shape index (κ3) is 3.45. The quantitative estimate of drug-likeness (QED) is 0.888. The summed E-state index contributed by atoms with van der Waals surface area (Å²) in [6, 6.07) is 10.2. The van der Waals surface area contributed by atoms with Gasteiger partial charge in [-0.3, -0.25) is 0 Å². The number of hydrogen-bond acceptors (Lipinski definition) is 5. The van der Waals surface area contributed by atoms with Crippen molar-refractivity contribution in [2.45, 2.75) is 11.4 Å². The maximum Gasteiger partial charge on any atom is 0.175 e. The number of rotatable bonds is 4. The molecule has 0 atom stereocenters. The molecule has 2 rings (SSSR count). The SMILES string of the molecule is CS(=O)(=O)c1ccc(CNc2ncccc2N)cc1. The molecule has 0 aliphatic heterocycles. The number of anilines is 2. The molecular formula is C13H15N3O2S. The number of hydrogen-bond donors (Lipinski definition) is 2. The monoisotopic (exact) mass is 277 g/mol. The number of benzene rings is 1. The van der Waals surface area contributed by atoms with Gasteiger partial charge >= 0.3 is 0 Å². The molecule has 0 saturated carbocycles. The Hall–Kier alpha value is -2.08. The van der Waals surface area contributed by atoms with E-state index in [2.05, 4.69) is 10.3 Å². The van der Waals surface area contributed by atoms with Crippen LogP contribution in [0.5, 0.6) is 0 Å². The fraction of sp³-hybridized carbons (Fsp3) is 0.154. The summed E-state index contributed by atoms with van der Waals surface area (Å²) in [6.45, 7) is 0.533. The van der Waals surface area contributed by atoms with Crippen molar-refractivity contribution in [1.29, 1.82) is 0 Å². The number of pyridine rings is 1. The Morgan fingerprint density at radius 3 is 2.47 bits per heavy atom. The minimum Gasteiger partial charge on any atom is -0.396 e. The summed E-state index contributed by atoms with van der Waals surface area (Å²) in [6.07, 6.45) is 2.85. The Labute approximate surface area is 112 Å². The predicted molar refractivity (Wildman–Crippen MR) is 75.5 cm³/mol. The van der Waals surface area contributed by atoms with Crippen molar-refractivity contribution >= 4 is 21.3 Å². The van der Waals surface area contributed by atoms with Crippen molar-refractivity contribution in [1.82, 2.24) is 4.98 Å². The Balaban J connectivity index is 2.07. The van der Waals surface area contributed by atoms with Crippen LogP contribution in [0.4, 0.5) is 11.5 Å². The van der Waals surface area contributed by atoms with Crippen molar-refractivity contribution < 1.29 is 8.42 Å². The van der Waals surface area contributed by atoms with Crippen LogP contribution in [0.15, 0.2) is 47.5 Å². The van der Waals surface area contributed by atoms with Crippen LogP contribution in [0.2, 0.25) is 0 Å². The molecule has 0 aliphatic carbocycles. The average molecular weight is 277 g/mol. The highest BCUT2D eigenvalue weighted by molar-refractivity contribution is 7.90. The van der Waals surface area contributed by atoms with Gasteiger partial charge in [0.25, 0.3) is 0 Å². The molecule has 5 nitrogen and oxygen atoms in total. The summed E-state index contributed by atoms with van der Waals surface area (Å²) in [4.78, 5) is 4.43. The standard InChI is InChI=1S/C13H15N3O2S/c1-19(17,18)11-6-4-10(5-7-11)9-16-13-12(14)3-2-8-15-13/h2-8H,9,14H2,1H3,(H,15,16). The minimum absolute atomic E-state index is 0.314. The van der Waals surface area contributed by atoms with Crippen molar-refractivity contribution in [3.05, 3.63) is 48.2 Å². The van der Waals surface area contributed by atoms with Crippen molar-refractivity contribution in [2.24, 2.45) is 0 Å². The van der Waals surface area contributed by atoms with Crippen LogP contribution in [0.3, 0.4) is 0 Å². The first-order valence-electron chi connectivity index (χ1n) is 5.70. The lowest BCUT2D eigenvalue weighted by Gasteiger charge is -2.08. The van der Waals surface area contributed by atoms with Crippen LogP contribution in [-0.4, -0.2) is 19.7 Å². The molecule has 0 bridgehead atoms. The molecular weight excluding hydrogens is 262 g/mol. The molecule has 19 heavy (non-hydrogen) atoms. The third-order valence-corrected chi connectivity index (χ3v) is 3.78. The molecule has 0 spiro atoms. The van der Waals surface area contributed by atoms with Crippen LogP contribution in [0, 0.1) is 0 Å². The number of nitrogens with two attached hydrogens (primary N) is 1. The number of aromatic nitrogens is 1. The highest BCUT2D eigenvalue weighted by Gasteiger charge is 2.06. The molecule has 0 amide bonds. The highest BCUT2D eigenvalue weighted by atomic mass is 32.2. The van der Waals surface area contributed by atoms with E-state index < -0.39 is 9.84 Å². The van der Waals surface area contributed by atoms with Crippen molar-refractivity contribution in [2.75, 3.05) is 17.3 Å². The van der Waals surface area contributed by atoms with Gasteiger partial charge in [-0.05, 0) is 29.8 Å². The number of nitrogens with one attached hydrogen (secondary N) is 1. The fourth-order valence-electron chi connectivity index (χ4n) is 1.61. The first kappa shape index (κ1) is 13.4. The molecule has 3 N–H and O–H groups in total. The number of sulfone groups is 1. The van der Waals surface area contributed by atoms with E-state index in [1.54, 1.807) is 42.6 Å². The summed E-state index contributed by atoms with van der Waals surface area (Å²) in [5.41, 5.74) is 7.30. The molecule has 1 aromatic carbocycles. The van der Waals surface area contributed by atoms with E-state index in [0.29, 0.717) is 22.9 Å². The molecule has 0 aliphatic rings. The third-order valence-electron chi connectivity index (χ3n) is 2.65. The van der Waals surface area contributed by atoms with E-state index in [1.807, 2.05) is 0 Å². The second-order valence-electron chi connectivity index (χ2n) is 4.21. The second kappa shape index (κ2) is 5.27. The molecule has 1 heterocycles. The van der Waals surface area contributed by atoms with Gasteiger partial charge in [-0.25, -0.2) is 13.4 Å². The molecule has 6 heteroatoms. The van der Waals surface area contributed by atoms with Crippen LogP contribution in [0.25, 0.3) is 0 Å². The van der Waals surface area contributed by atoms with Crippen LogP contribution in [0.1, 0.15) is 5.56 Å². The molecule has 1 aromatic heterocycles. The first-order valence-corrected chi connectivity index (χ1v) is 7.59. The lowest BCUT2D eigenvalue weighted by molar-refractivity contribution is 0.602. The first-order chi connectivity index (χ1) is 8.97. The van der Waals surface area contributed by atoms with E-state index >= 15 is 0 Å². The highest BCUT2D eigenvalue weighted by Crippen LogP contribution is 2.15. The van der Waals surface area contributed by atoms with Crippen LogP contribution < -0.4 is 11.1 Å². The van der Waals surface area contributed by atoms with E-state index in [0.717, 1.165) is 5.56 Å². The lowest BCUT2D eigenvalue weighted by atomic mass is 10.2. The van der Waals surface area contributed by atoms with Crippen LogP contribution >= 0.6 is 0 Å². The summed E-state index contributed by atoms with van der Waals surface area (Å²) in [5.74, 6) is 0.620. The maximum atomic E-state index is 11.3. The van der Waals surface area contributed by atoms with Gasteiger partial charge in [-0.2, -0.15) is 0 Å². The van der Waals surface area contributed by atoms with Gasteiger partial charge < -0.3 is 11.1 Å². The second-order valence-corrected chi connectivity index (χ2v) is 6.23. The lowest BCUT2D eigenvalue weighted by Crippen LogP contribution is -2.04. The van der Waals surface area contributed by atoms with Gasteiger partial charge in [0.15, 0.2) is 9.84 Å². The maximum absolute atomic E-state index is 11.3. The molecule has 0 fully saturated rings. The normalized spacial score (nSPS) is 11.2. The molecule has 2 aromatic rings. The Bertz CT molecular complexity index is 667. The van der Waals surface area contributed by atoms with Gasteiger partial charge in [-0.1, -0.05) is 12.1 Å². The minimum atomic E-state index is -3.15. The van der Waals surface area contributed by atoms with Crippen molar-refractivity contribution in [3.8, 4) is 0 Å². The largest absolute Gasteiger partial charge is 0.396 e. The zero-order valence-corrected chi connectivity index (χ0v) is 11.3. The van der Waals surface area contributed by atoms with Gasteiger partial charge in [0, 0.05) is 19.0 Å². The molecule has 0 saturated heterocycles. The fourth-order valence-corrected chi connectivity index (χ4v) is 2.24. The zero-order chi connectivity index (χ0) is 13.9. The Morgan fingerprint density at radius 1 is 1.21 bits per heavy atom. The van der Waals surface area contributed by atoms with Gasteiger partial charge in [0.2, 0.25) is 0 Å². The predicted octanol–water partition coefficient (Wildman–Crippen LogP) is 1.68. The van der Waals surface area contributed by atoms with Crippen molar-refractivity contribution in [3.63, 3.8) is 0 Å². The zero-order valence-electron chi connectivity index (χ0n) is 10.5. The smallest absolute Gasteiger partial charge is 0.175 e. The molecule has 100 valence electrons. The van der Waals surface area contributed by atoms with Gasteiger partial charge in [0.05, 0.1) is 10.6 Å².